The molecule has 0 bridgehead atoms. The molecule has 0 fully saturated rings. The molecule has 2 N–H and O–H groups in total. The lowest BCUT2D eigenvalue weighted by Crippen LogP contribution is -2.36. The maximum absolute atomic E-state index is 11.9. The van der Waals surface area contributed by atoms with E-state index in [1.165, 1.54) is 17.9 Å². The standard InChI is InChI=1S/C11H17ClN4O2/c1-6(2)16-11(18)9(12)8(5-14-16)15-7(3)10(17)13-4/h5-7,15H,1-4H3,(H,13,17). The predicted molar refractivity (Wildman–Crippen MR) is 71.0 cm³/mol. The van der Waals surface area contributed by atoms with Gasteiger partial charge in [0.2, 0.25) is 5.91 Å². The monoisotopic (exact) mass is 272 g/mol. The highest BCUT2D eigenvalue weighted by atomic mass is 35.5. The third kappa shape index (κ3) is 3.01. The van der Waals surface area contributed by atoms with E-state index in [0.29, 0.717) is 5.69 Å². The van der Waals surface area contributed by atoms with E-state index >= 15 is 0 Å². The van der Waals surface area contributed by atoms with E-state index in [2.05, 4.69) is 15.7 Å². The molecule has 18 heavy (non-hydrogen) atoms. The van der Waals surface area contributed by atoms with Gasteiger partial charge in [0, 0.05) is 7.05 Å². The summed E-state index contributed by atoms with van der Waals surface area (Å²) in [7, 11) is 1.54. The summed E-state index contributed by atoms with van der Waals surface area (Å²) in [4.78, 5) is 23.2. The Morgan fingerprint density at radius 1 is 1.44 bits per heavy atom. The summed E-state index contributed by atoms with van der Waals surface area (Å²) in [5.74, 6) is -0.195. The quantitative estimate of drug-likeness (QED) is 0.858. The molecule has 0 saturated carbocycles. The number of hydrogen-bond acceptors (Lipinski definition) is 4. The maximum atomic E-state index is 11.9. The van der Waals surface area contributed by atoms with Crippen LogP contribution in [0.1, 0.15) is 26.8 Å². The van der Waals surface area contributed by atoms with E-state index in [1.54, 1.807) is 6.92 Å². The summed E-state index contributed by atoms with van der Waals surface area (Å²) >= 11 is 5.97. The second kappa shape index (κ2) is 5.86. The van der Waals surface area contributed by atoms with Crippen LogP contribution in [0.2, 0.25) is 5.02 Å². The van der Waals surface area contributed by atoms with Crippen LogP contribution in [0.25, 0.3) is 0 Å². The molecule has 1 aromatic rings. The summed E-state index contributed by atoms with van der Waals surface area (Å²) in [6.07, 6.45) is 1.45. The minimum atomic E-state index is -0.497. The number of carbonyl (C=O) groups excluding carboxylic acids is 1. The lowest BCUT2D eigenvalue weighted by atomic mass is 10.3. The molecule has 0 aromatic carbocycles. The minimum Gasteiger partial charge on any atom is -0.371 e. The van der Waals surface area contributed by atoms with E-state index in [1.807, 2.05) is 13.8 Å². The molecule has 0 aliphatic rings. The minimum absolute atomic E-state index is 0.0365. The molecule has 0 spiro atoms. The van der Waals surface area contributed by atoms with Gasteiger partial charge in [-0.1, -0.05) is 11.6 Å². The molecule has 1 unspecified atom stereocenters. The lowest BCUT2D eigenvalue weighted by Gasteiger charge is -2.16. The third-order valence-corrected chi connectivity index (χ3v) is 2.81. The molecule has 6 nitrogen and oxygen atoms in total. The number of aromatic nitrogens is 2. The first-order chi connectivity index (χ1) is 8.38. The number of nitrogens with one attached hydrogen (secondary N) is 2. The molecule has 1 amide bonds. The second-order valence-corrected chi connectivity index (χ2v) is 4.57. The van der Waals surface area contributed by atoms with Crippen molar-refractivity contribution in [3.05, 3.63) is 21.6 Å². The second-order valence-electron chi connectivity index (χ2n) is 4.20. The Bertz CT molecular complexity index is 498. The van der Waals surface area contributed by atoms with Gasteiger partial charge < -0.3 is 10.6 Å². The Morgan fingerprint density at radius 2 is 2.06 bits per heavy atom. The zero-order chi connectivity index (χ0) is 13.9. The third-order valence-electron chi connectivity index (χ3n) is 2.44. The van der Waals surface area contributed by atoms with Crippen LogP contribution in [0.5, 0.6) is 0 Å². The smallest absolute Gasteiger partial charge is 0.287 e. The van der Waals surface area contributed by atoms with Crippen molar-refractivity contribution in [3.63, 3.8) is 0 Å². The van der Waals surface area contributed by atoms with Crippen LogP contribution in [0.15, 0.2) is 11.0 Å². The molecule has 1 heterocycles. The van der Waals surface area contributed by atoms with E-state index in [9.17, 15) is 9.59 Å². The Balaban J connectivity index is 3.03. The average molecular weight is 273 g/mol. The SMILES string of the molecule is CNC(=O)C(C)Nc1cnn(C(C)C)c(=O)c1Cl. The highest BCUT2D eigenvalue weighted by Crippen LogP contribution is 2.17. The Morgan fingerprint density at radius 3 is 2.56 bits per heavy atom. The van der Waals surface area contributed by atoms with Gasteiger partial charge in [0.1, 0.15) is 11.1 Å². The van der Waals surface area contributed by atoms with Gasteiger partial charge in [0.25, 0.3) is 5.56 Å². The number of anilines is 1. The Labute approximate surface area is 110 Å². The molecule has 100 valence electrons. The number of nitrogens with zero attached hydrogens (tertiary/aromatic N) is 2. The topological polar surface area (TPSA) is 76.0 Å². The van der Waals surface area contributed by atoms with Gasteiger partial charge in [-0.25, -0.2) is 4.68 Å². The Hall–Kier alpha value is -1.56. The molecular formula is C11H17ClN4O2. The van der Waals surface area contributed by atoms with E-state index in [-0.39, 0.29) is 22.5 Å². The molecule has 1 atom stereocenters. The largest absolute Gasteiger partial charge is 0.371 e. The normalized spacial score (nSPS) is 12.3. The van der Waals surface area contributed by atoms with Gasteiger partial charge >= 0.3 is 0 Å². The first-order valence-electron chi connectivity index (χ1n) is 5.64. The number of hydrogen-bond donors (Lipinski definition) is 2. The van der Waals surface area contributed by atoms with Crippen LogP contribution in [0, 0.1) is 0 Å². The molecule has 0 aliphatic carbocycles. The van der Waals surface area contributed by atoms with Crippen LogP contribution in [-0.2, 0) is 4.79 Å². The van der Waals surface area contributed by atoms with Crippen molar-refractivity contribution in [2.45, 2.75) is 32.9 Å². The van der Waals surface area contributed by atoms with E-state index < -0.39 is 6.04 Å². The number of carbonyl (C=O) groups is 1. The summed E-state index contributed by atoms with van der Waals surface area (Å²) in [5, 5.41) is 9.39. The zero-order valence-corrected chi connectivity index (χ0v) is 11.6. The molecule has 1 aromatic heterocycles. The van der Waals surface area contributed by atoms with E-state index in [0.717, 1.165) is 0 Å². The van der Waals surface area contributed by atoms with Crippen LogP contribution in [0.4, 0.5) is 5.69 Å². The first kappa shape index (κ1) is 14.5. The lowest BCUT2D eigenvalue weighted by molar-refractivity contribution is -0.121. The Kier molecular flexibility index (Phi) is 4.72. The predicted octanol–water partition coefficient (Wildman–Crippen LogP) is 1.02. The van der Waals surface area contributed by atoms with Crippen LogP contribution in [-0.4, -0.2) is 28.8 Å². The number of rotatable bonds is 4. The molecule has 7 heteroatoms. The highest BCUT2D eigenvalue weighted by molar-refractivity contribution is 6.33. The molecule has 0 aliphatic heterocycles. The van der Waals surface area contributed by atoms with Crippen molar-refractivity contribution >= 4 is 23.2 Å². The first-order valence-corrected chi connectivity index (χ1v) is 6.01. The maximum Gasteiger partial charge on any atom is 0.287 e. The van der Waals surface area contributed by atoms with E-state index in [4.69, 9.17) is 11.6 Å². The number of halogens is 1. The van der Waals surface area contributed by atoms with Gasteiger partial charge in [0.05, 0.1) is 17.9 Å². The summed E-state index contributed by atoms with van der Waals surface area (Å²) in [6, 6.07) is -0.566. The summed E-state index contributed by atoms with van der Waals surface area (Å²) in [5.41, 5.74) is -0.0181. The summed E-state index contributed by atoms with van der Waals surface area (Å²) < 4.78 is 1.29. The molecular weight excluding hydrogens is 256 g/mol. The van der Waals surface area contributed by atoms with Crippen LogP contribution >= 0.6 is 11.6 Å². The van der Waals surface area contributed by atoms with Gasteiger partial charge in [-0.05, 0) is 20.8 Å². The van der Waals surface area contributed by atoms with Gasteiger partial charge in [0.15, 0.2) is 0 Å². The van der Waals surface area contributed by atoms with Gasteiger partial charge in [-0.15, -0.1) is 0 Å². The molecule has 1 rings (SSSR count). The van der Waals surface area contributed by atoms with Crippen molar-refractivity contribution in [1.29, 1.82) is 0 Å². The van der Waals surface area contributed by atoms with Crippen LogP contribution < -0.4 is 16.2 Å². The van der Waals surface area contributed by atoms with Gasteiger partial charge in [-0.3, -0.25) is 9.59 Å². The van der Waals surface area contributed by atoms with Crippen molar-refractivity contribution < 1.29 is 4.79 Å². The zero-order valence-electron chi connectivity index (χ0n) is 10.8. The van der Waals surface area contributed by atoms with Gasteiger partial charge in [-0.2, -0.15) is 5.10 Å². The summed E-state index contributed by atoms with van der Waals surface area (Å²) in [6.45, 7) is 5.35. The van der Waals surface area contributed by atoms with Crippen molar-refractivity contribution in [3.8, 4) is 0 Å². The fourth-order valence-corrected chi connectivity index (χ4v) is 1.62. The van der Waals surface area contributed by atoms with Crippen molar-refractivity contribution in [2.75, 3.05) is 12.4 Å². The molecule has 0 radical (unpaired) electrons. The number of amides is 1. The van der Waals surface area contributed by atoms with Crippen molar-refractivity contribution in [1.82, 2.24) is 15.1 Å². The van der Waals surface area contributed by atoms with Crippen LogP contribution in [0.3, 0.4) is 0 Å². The van der Waals surface area contributed by atoms with Crippen molar-refractivity contribution in [2.24, 2.45) is 0 Å². The fourth-order valence-electron chi connectivity index (χ4n) is 1.43. The molecule has 0 saturated heterocycles. The highest BCUT2D eigenvalue weighted by Gasteiger charge is 2.16. The average Bonchev–Trinajstić information content (AvgIpc) is 2.33. The fraction of sp³-hybridized carbons (Fsp3) is 0.545. The number of likely N-dealkylation sites (N-methyl/N-ethyl adjacent to an activating group) is 1.